The second kappa shape index (κ2) is 4.95. The van der Waals surface area contributed by atoms with Crippen molar-refractivity contribution in [3.63, 3.8) is 0 Å². The van der Waals surface area contributed by atoms with Gasteiger partial charge in [-0.1, -0.05) is 0 Å². The standard InChI is InChI=1S/C17H10FNO4/c18-10-3-1-9(2-4-10)16(20)12-7-19-13-6-15-14(22-8-23-15)5-11(13)17(12)21/h1-7H,8H2,(H,19,21). The smallest absolute Gasteiger partial charge is 0.231 e. The fourth-order valence-corrected chi connectivity index (χ4v) is 2.54. The first-order valence-corrected chi connectivity index (χ1v) is 6.89. The number of hydrogen-bond donors (Lipinski definition) is 1. The fraction of sp³-hybridized carbons (Fsp3) is 0.0588. The molecule has 2 aromatic carbocycles. The van der Waals surface area contributed by atoms with E-state index in [-0.39, 0.29) is 17.9 Å². The Hall–Kier alpha value is -3.15. The van der Waals surface area contributed by atoms with E-state index in [0.717, 1.165) is 0 Å². The molecule has 0 saturated heterocycles. The summed E-state index contributed by atoms with van der Waals surface area (Å²) in [4.78, 5) is 28.0. The molecule has 0 fully saturated rings. The van der Waals surface area contributed by atoms with Crippen molar-refractivity contribution in [1.29, 1.82) is 0 Å². The van der Waals surface area contributed by atoms with E-state index < -0.39 is 17.0 Å². The molecule has 1 aliphatic rings. The zero-order valence-electron chi connectivity index (χ0n) is 11.8. The molecule has 0 saturated carbocycles. The second-order valence-corrected chi connectivity index (χ2v) is 5.12. The third-order valence-corrected chi connectivity index (χ3v) is 3.73. The van der Waals surface area contributed by atoms with Crippen LogP contribution < -0.4 is 14.9 Å². The topological polar surface area (TPSA) is 68.4 Å². The van der Waals surface area contributed by atoms with Gasteiger partial charge in [0.25, 0.3) is 0 Å². The number of ether oxygens (including phenoxy) is 2. The van der Waals surface area contributed by atoms with Gasteiger partial charge >= 0.3 is 0 Å². The van der Waals surface area contributed by atoms with Crippen LogP contribution >= 0.6 is 0 Å². The maximum absolute atomic E-state index is 13.0. The normalized spacial score (nSPS) is 12.6. The van der Waals surface area contributed by atoms with Crippen molar-refractivity contribution in [3.05, 3.63) is 69.8 Å². The minimum absolute atomic E-state index is 0.0111. The summed E-state index contributed by atoms with van der Waals surface area (Å²) < 4.78 is 23.5. The van der Waals surface area contributed by atoms with E-state index in [1.807, 2.05) is 0 Å². The number of carbonyl (C=O) groups is 1. The van der Waals surface area contributed by atoms with Gasteiger partial charge in [0.2, 0.25) is 12.2 Å². The molecule has 5 nitrogen and oxygen atoms in total. The van der Waals surface area contributed by atoms with Crippen molar-refractivity contribution in [2.24, 2.45) is 0 Å². The number of H-pyrrole nitrogens is 1. The van der Waals surface area contributed by atoms with Gasteiger partial charge in [-0.2, -0.15) is 0 Å². The van der Waals surface area contributed by atoms with Crippen LogP contribution in [0.25, 0.3) is 10.9 Å². The molecule has 3 aromatic rings. The Morgan fingerprint density at radius 1 is 1.09 bits per heavy atom. The molecule has 0 amide bonds. The first-order chi connectivity index (χ1) is 11.1. The van der Waals surface area contributed by atoms with Crippen LogP contribution in [0.15, 0.2) is 47.4 Å². The van der Waals surface area contributed by atoms with Gasteiger partial charge in [-0.15, -0.1) is 0 Å². The predicted molar refractivity (Wildman–Crippen MR) is 80.5 cm³/mol. The lowest BCUT2D eigenvalue weighted by atomic mass is 10.0. The lowest BCUT2D eigenvalue weighted by molar-refractivity contribution is 0.103. The number of aromatic amines is 1. The molecule has 0 atom stereocenters. The van der Waals surface area contributed by atoms with Crippen LogP contribution in [-0.4, -0.2) is 17.6 Å². The van der Waals surface area contributed by atoms with Gasteiger partial charge in [-0.3, -0.25) is 9.59 Å². The predicted octanol–water partition coefficient (Wildman–Crippen LogP) is 2.63. The molecule has 23 heavy (non-hydrogen) atoms. The molecule has 0 aliphatic carbocycles. The van der Waals surface area contributed by atoms with Gasteiger partial charge in [0.05, 0.1) is 16.5 Å². The Morgan fingerprint density at radius 2 is 1.78 bits per heavy atom. The third kappa shape index (κ3) is 2.15. The van der Waals surface area contributed by atoms with Crippen LogP contribution in [0, 0.1) is 5.82 Å². The zero-order valence-corrected chi connectivity index (χ0v) is 11.8. The van der Waals surface area contributed by atoms with Gasteiger partial charge in [-0.05, 0) is 30.3 Å². The molecule has 1 aliphatic heterocycles. The molecule has 0 bridgehead atoms. The lowest BCUT2D eigenvalue weighted by Crippen LogP contribution is -2.16. The van der Waals surface area contributed by atoms with E-state index in [2.05, 4.69) is 4.98 Å². The van der Waals surface area contributed by atoms with Crippen molar-refractivity contribution in [2.75, 3.05) is 6.79 Å². The largest absolute Gasteiger partial charge is 0.454 e. The highest BCUT2D eigenvalue weighted by atomic mass is 19.1. The molecule has 114 valence electrons. The number of ketones is 1. The number of pyridine rings is 1. The number of aromatic nitrogens is 1. The van der Waals surface area contributed by atoms with Crippen molar-refractivity contribution in [3.8, 4) is 11.5 Å². The molecule has 4 rings (SSSR count). The zero-order chi connectivity index (χ0) is 16.0. The van der Waals surface area contributed by atoms with Crippen molar-refractivity contribution in [2.45, 2.75) is 0 Å². The Kier molecular flexibility index (Phi) is 2.90. The number of fused-ring (bicyclic) bond motifs is 2. The summed E-state index contributed by atoms with van der Waals surface area (Å²) >= 11 is 0. The van der Waals surface area contributed by atoms with Crippen LogP contribution in [0.3, 0.4) is 0 Å². The van der Waals surface area contributed by atoms with E-state index in [0.29, 0.717) is 22.4 Å². The van der Waals surface area contributed by atoms with Crippen LogP contribution in [-0.2, 0) is 0 Å². The summed E-state index contributed by atoms with van der Waals surface area (Å²) in [6.45, 7) is 0.0984. The van der Waals surface area contributed by atoms with E-state index in [9.17, 15) is 14.0 Å². The van der Waals surface area contributed by atoms with Gasteiger partial charge in [0.1, 0.15) is 5.82 Å². The average molecular weight is 311 g/mol. The second-order valence-electron chi connectivity index (χ2n) is 5.12. The van der Waals surface area contributed by atoms with Gasteiger partial charge < -0.3 is 14.5 Å². The highest BCUT2D eigenvalue weighted by Crippen LogP contribution is 2.34. The molecule has 0 radical (unpaired) electrons. The lowest BCUT2D eigenvalue weighted by Gasteiger charge is -2.04. The van der Waals surface area contributed by atoms with E-state index in [1.54, 1.807) is 12.1 Å². The van der Waals surface area contributed by atoms with E-state index in [4.69, 9.17) is 9.47 Å². The van der Waals surface area contributed by atoms with Crippen LogP contribution in [0.4, 0.5) is 4.39 Å². The summed E-state index contributed by atoms with van der Waals surface area (Å²) in [5.74, 6) is 0.104. The number of carbonyl (C=O) groups excluding carboxylic acids is 1. The Morgan fingerprint density at radius 3 is 2.52 bits per heavy atom. The fourth-order valence-electron chi connectivity index (χ4n) is 2.54. The van der Waals surface area contributed by atoms with Crippen LogP contribution in [0.2, 0.25) is 0 Å². The number of rotatable bonds is 2. The molecule has 1 aromatic heterocycles. The highest BCUT2D eigenvalue weighted by Gasteiger charge is 2.19. The van der Waals surface area contributed by atoms with Crippen molar-refractivity contribution >= 4 is 16.7 Å². The summed E-state index contributed by atoms with van der Waals surface area (Å²) in [5.41, 5.74) is 0.376. The maximum atomic E-state index is 13.0. The summed E-state index contributed by atoms with van der Waals surface area (Å²) in [6, 6.07) is 8.27. The Bertz CT molecular complexity index is 992. The number of nitrogens with one attached hydrogen (secondary N) is 1. The molecule has 0 unspecified atom stereocenters. The Labute approximate surface area is 129 Å². The van der Waals surface area contributed by atoms with E-state index in [1.165, 1.54) is 30.5 Å². The molecule has 0 spiro atoms. The maximum Gasteiger partial charge on any atom is 0.231 e. The molecule has 2 heterocycles. The summed E-state index contributed by atoms with van der Waals surface area (Å²) in [5, 5.41) is 0.335. The summed E-state index contributed by atoms with van der Waals surface area (Å²) in [7, 11) is 0. The van der Waals surface area contributed by atoms with Gasteiger partial charge in [-0.25, -0.2) is 4.39 Å². The summed E-state index contributed by atoms with van der Waals surface area (Å²) in [6.07, 6.45) is 1.36. The highest BCUT2D eigenvalue weighted by molar-refractivity contribution is 6.10. The third-order valence-electron chi connectivity index (χ3n) is 3.73. The van der Waals surface area contributed by atoms with Crippen LogP contribution in [0.5, 0.6) is 11.5 Å². The average Bonchev–Trinajstić information content (AvgIpc) is 3.01. The molecular weight excluding hydrogens is 301 g/mol. The first-order valence-electron chi connectivity index (χ1n) is 6.89. The van der Waals surface area contributed by atoms with Crippen LogP contribution in [0.1, 0.15) is 15.9 Å². The number of halogens is 1. The number of benzene rings is 2. The van der Waals surface area contributed by atoms with E-state index >= 15 is 0 Å². The molecule has 1 N–H and O–H groups in total. The van der Waals surface area contributed by atoms with Gasteiger partial charge in [0, 0.05) is 17.8 Å². The van der Waals surface area contributed by atoms with Crippen molar-refractivity contribution < 1.29 is 18.7 Å². The quantitative estimate of drug-likeness (QED) is 0.739. The number of hydrogen-bond acceptors (Lipinski definition) is 4. The van der Waals surface area contributed by atoms with Crippen molar-refractivity contribution in [1.82, 2.24) is 4.98 Å². The Balaban J connectivity index is 1.86. The molecular formula is C17H10FNO4. The minimum Gasteiger partial charge on any atom is -0.454 e. The minimum atomic E-state index is -0.467. The SMILES string of the molecule is O=C(c1ccc(F)cc1)c1c[nH]c2cc3c(cc2c1=O)OCO3. The monoisotopic (exact) mass is 311 g/mol. The first kappa shape index (κ1) is 13.5. The van der Waals surface area contributed by atoms with Gasteiger partial charge in [0.15, 0.2) is 17.3 Å². The molecule has 6 heteroatoms.